The summed E-state index contributed by atoms with van der Waals surface area (Å²) in [5, 5.41) is 9.82. The molecule has 1 N–H and O–H groups in total. The molecule has 0 heterocycles. The molecule has 0 radical (unpaired) electrons. The molecular weight excluding hydrogens is 224 g/mol. The Morgan fingerprint density at radius 3 is 2.00 bits per heavy atom. The normalized spacial score (nSPS) is 15.9. The largest absolute Gasteiger partial charge is 0.389 e. The van der Waals surface area contributed by atoms with Gasteiger partial charge in [-0.05, 0) is 31.0 Å². The van der Waals surface area contributed by atoms with Gasteiger partial charge in [-0.2, -0.15) is 13.2 Å². The van der Waals surface area contributed by atoms with Crippen LogP contribution < -0.4 is 0 Å². The number of alkyl halides is 3. The molecule has 0 aliphatic heterocycles. The van der Waals surface area contributed by atoms with Gasteiger partial charge < -0.3 is 5.11 Å². The molecule has 0 bridgehead atoms. The summed E-state index contributed by atoms with van der Waals surface area (Å²) in [7, 11) is 0. The second kappa shape index (κ2) is 4.41. The van der Waals surface area contributed by atoms with Crippen molar-refractivity contribution < 1.29 is 22.7 Å². The van der Waals surface area contributed by atoms with Crippen LogP contribution >= 0.6 is 0 Å². The molecule has 5 heteroatoms. The number of rotatable bonds is 3. The molecule has 16 heavy (non-hydrogen) atoms. The van der Waals surface area contributed by atoms with Crippen LogP contribution in [0.3, 0.4) is 0 Å². The van der Waals surface area contributed by atoms with Crippen LogP contribution in [-0.4, -0.2) is 11.3 Å². The fraction of sp³-hybridized carbons (Fsp3) is 0.455. The third kappa shape index (κ3) is 3.81. The molecule has 90 valence electrons. The van der Waals surface area contributed by atoms with E-state index in [1.165, 1.54) is 19.1 Å². The predicted molar refractivity (Wildman–Crippen MR) is 51.3 cm³/mol. The van der Waals surface area contributed by atoms with E-state index in [0.29, 0.717) is 0 Å². The van der Waals surface area contributed by atoms with Crippen LogP contribution in [0.4, 0.5) is 17.6 Å². The molecule has 1 nitrogen and oxygen atoms in total. The van der Waals surface area contributed by atoms with Crippen LogP contribution in [0.5, 0.6) is 0 Å². The molecule has 0 aromatic heterocycles. The van der Waals surface area contributed by atoms with Crippen LogP contribution in [0.1, 0.15) is 25.3 Å². The highest BCUT2D eigenvalue weighted by atomic mass is 19.4. The summed E-state index contributed by atoms with van der Waals surface area (Å²) in [5.74, 6) is -0.490. The fourth-order valence-electron chi connectivity index (χ4n) is 1.34. The maximum atomic E-state index is 12.6. The number of hydrogen-bond donors (Lipinski definition) is 1. The Hall–Kier alpha value is -1.10. The van der Waals surface area contributed by atoms with Gasteiger partial charge in [0.2, 0.25) is 0 Å². The zero-order chi connectivity index (χ0) is 12.4. The van der Waals surface area contributed by atoms with Crippen molar-refractivity contribution >= 4 is 0 Å². The van der Waals surface area contributed by atoms with Crippen molar-refractivity contribution in [3.8, 4) is 0 Å². The molecule has 0 saturated carbocycles. The Balaban J connectivity index is 2.73. The van der Waals surface area contributed by atoms with E-state index in [1.54, 1.807) is 0 Å². The van der Waals surface area contributed by atoms with Gasteiger partial charge in [-0.15, -0.1) is 0 Å². The van der Waals surface area contributed by atoms with Gasteiger partial charge in [0.1, 0.15) is 5.82 Å². The lowest BCUT2D eigenvalue weighted by molar-refractivity contribution is -0.146. The first kappa shape index (κ1) is 13.0. The zero-order valence-corrected chi connectivity index (χ0v) is 8.68. The van der Waals surface area contributed by atoms with Crippen molar-refractivity contribution in [3.63, 3.8) is 0 Å². The van der Waals surface area contributed by atoms with Crippen molar-refractivity contribution in [2.24, 2.45) is 0 Å². The van der Waals surface area contributed by atoms with Crippen LogP contribution in [0.2, 0.25) is 0 Å². The summed E-state index contributed by atoms with van der Waals surface area (Å²) >= 11 is 0. The molecule has 0 saturated heterocycles. The average molecular weight is 236 g/mol. The highest BCUT2D eigenvalue weighted by molar-refractivity contribution is 5.22. The fourth-order valence-corrected chi connectivity index (χ4v) is 1.34. The second-order valence-corrected chi connectivity index (χ2v) is 3.90. The van der Waals surface area contributed by atoms with E-state index < -0.39 is 30.4 Å². The summed E-state index contributed by atoms with van der Waals surface area (Å²) < 4.78 is 48.6. The Kier molecular flexibility index (Phi) is 3.57. The molecule has 1 unspecified atom stereocenters. The minimum absolute atomic E-state index is 0.276. The Bertz CT molecular complexity index is 340. The molecule has 0 amide bonds. The van der Waals surface area contributed by atoms with Gasteiger partial charge in [-0.3, -0.25) is 0 Å². The Morgan fingerprint density at radius 2 is 1.56 bits per heavy atom. The number of aliphatic hydroxyl groups is 1. The van der Waals surface area contributed by atoms with E-state index in [1.807, 2.05) is 0 Å². The molecule has 1 atom stereocenters. The van der Waals surface area contributed by atoms with Gasteiger partial charge in [0.25, 0.3) is 0 Å². The SMILES string of the molecule is CC(O)(CCC(F)(F)F)c1ccc(F)cc1. The first-order chi connectivity index (χ1) is 7.21. The van der Waals surface area contributed by atoms with Gasteiger partial charge >= 0.3 is 6.18 Å². The standard InChI is InChI=1S/C11H12F4O/c1-10(16,6-7-11(13,14)15)8-2-4-9(12)5-3-8/h2-5,16H,6-7H2,1H3. The molecule has 1 aromatic carbocycles. The van der Waals surface area contributed by atoms with E-state index in [9.17, 15) is 22.7 Å². The third-order valence-electron chi connectivity index (χ3n) is 2.36. The van der Waals surface area contributed by atoms with Crippen LogP contribution in [-0.2, 0) is 5.60 Å². The molecule has 0 spiro atoms. The summed E-state index contributed by atoms with van der Waals surface area (Å²) in [4.78, 5) is 0. The van der Waals surface area contributed by atoms with Crippen LogP contribution in [0.25, 0.3) is 0 Å². The first-order valence-corrected chi connectivity index (χ1v) is 4.76. The van der Waals surface area contributed by atoms with E-state index >= 15 is 0 Å². The van der Waals surface area contributed by atoms with E-state index in [-0.39, 0.29) is 5.56 Å². The maximum absolute atomic E-state index is 12.6. The molecule has 1 aromatic rings. The highest BCUT2D eigenvalue weighted by Crippen LogP contribution is 2.31. The monoisotopic (exact) mass is 236 g/mol. The quantitative estimate of drug-likeness (QED) is 0.798. The minimum atomic E-state index is -4.30. The summed E-state index contributed by atoms with van der Waals surface area (Å²) in [6, 6.07) is 4.78. The van der Waals surface area contributed by atoms with Crippen LogP contribution in [0.15, 0.2) is 24.3 Å². The zero-order valence-electron chi connectivity index (χ0n) is 8.68. The minimum Gasteiger partial charge on any atom is -0.385 e. The van der Waals surface area contributed by atoms with Crippen LogP contribution in [0, 0.1) is 5.82 Å². The first-order valence-electron chi connectivity index (χ1n) is 4.76. The molecule has 0 aliphatic rings. The smallest absolute Gasteiger partial charge is 0.385 e. The third-order valence-corrected chi connectivity index (χ3v) is 2.36. The lowest BCUT2D eigenvalue weighted by Crippen LogP contribution is -2.24. The molecule has 0 fully saturated rings. The lowest BCUT2D eigenvalue weighted by Gasteiger charge is -2.24. The van der Waals surface area contributed by atoms with Gasteiger partial charge in [-0.25, -0.2) is 4.39 Å². The van der Waals surface area contributed by atoms with Crippen molar-refractivity contribution in [1.82, 2.24) is 0 Å². The summed E-state index contributed by atoms with van der Waals surface area (Å²) in [6.45, 7) is 1.28. The molecule has 0 aliphatic carbocycles. The lowest BCUT2D eigenvalue weighted by atomic mass is 9.91. The number of benzene rings is 1. The Morgan fingerprint density at radius 1 is 1.06 bits per heavy atom. The highest BCUT2D eigenvalue weighted by Gasteiger charge is 2.33. The summed E-state index contributed by atoms with van der Waals surface area (Å²) in [5.41, 5.74) is -1.32. The molecule has 1 rings (SSSR count). The number of halogens is 4. The number of hydrogen-bond acceptors (Lipinski definition) is 1. The Labute approximate surface area is 90.7 Å². The van der Waals surface area contributed by atoms with Crippen molar-refractivity contribution in [2.45, 2.75) is 31.5 Å². The molecular formula is C11H12F4O. The van der Waals surface area contributed by atoms with Crippen molar-refractivity contribution in [1.29, 1.82) is 0 Å². The van der Waals surface area contributed by atoms with E-state index in [0.717, 1.165) is 12.1 Å². The van der Waals surface area contributed by atoms with Crippen molar-refractivity contribution in [3.05, 3.63) is 35.6 Å². The van der Waals surface area contributed by atoms with E-state index in [4.69, 9.17) is 0 Å². The van der Waals surface area contributed by atoms with E-state index in [2.05, 4.69) is 0 Å². The second-order valence-electron chi connectivity index (χ2n) is 3.90. The topological polar surface area (TPSA) is 20.2 Å². The van der Waals surface area contributed by atoms with Gasteiger partial charge in [0.05, 0.1) is 5.60 Å². The van der Waals surface area contributed by atoms with Gasteiger partial charge in [-0.1, -0.05) is 12.1 Å². The summed E-state index contributed by atoms with van der Waals surface area (Å²) in [6.07, 6.45) is -5.82. The average Bonchev–Trinajstić information content (AvgIpc) is 2.15. The van der Waals surface area contributed by atoms with Gasteiger partial charge in [0, 0.05) is 6.42 Å². The van der Waals surface area contributed by atoms with Gasteiger partial charge in [0.15, 0.2) is 0 Å². The van der Waals surface area contributed by atoms with Crippen molar-refractivity contribution in [2.75, 3.05) is 0 Å². The predicted octanol–water partition coefficient (Wildman–Crippen LogP) is 3.38. The maximum Gasteiger partial charge on any atom is 0.389 e.